The molecule has 2 unspecified atom stereocenters. The maximum Gasteiger partial charge on any atom is 0.311 e. The SMILES string of the molecule is C=CCN(C(=O)C1N([C@H](C)CO)C(=O)[C@@H]2[C@H](C(=O)OCC)[C@]3(C)CCC12S3)c1ccc2ccccc2c1. The van der Waals surface area contributed by atoms with Gasteiger partial charge in [0.05, 0.1) is 35.8 Å². The summed E-state index contributed by atoms with van der Waals surface area (Å²) in [5.41, 5.74) is 0.721. The highest BCUT2D eigenvalue weighted by Gasteiger charge is 2.78. The number of hydrogen-bond donors (Lipinski definition) is 1. The van der Waals surface area contributed by atoms with Gasteiger partial charge in [0.1, 0.15) is 6.04 Å². The summed E-state index contributed by atoms with van der Waals surface area (Å²) in [7, 11) is 0. The zero-order valence-electron chi connectivity index (χ0n) is 21.6. The van der Waals surface area contributed by atoms with E-state index in [1.165, 1.54) is 0 Å². The molecular weight excluding hydrogens is 488 g/mol. The smallest absolute Gasteiger partial charge is 0.311 e. The number of aliphatic hydroxyl groups is 1. The predicted octanol–water partition coefficient (Wildman–Crippen LogP) is 3.78. The van der Waals surface area contributed by atoms with Crippen LogP contribution in [0.3, 0.4) is 0 Å². The van der Waals surface area contributed by atoms with Gasteiger partial charge in [-0.3, -0.25) is 14.4 Å². The van der Waals surface area contributed by atoms with E-state index in [1.54, 1.807) is 41.5 Å². The fourth-order valence-corrected chi connectivity index (χ4v) is 9.06. The molecule has 3 fully saturated rings. The number of carbonyl (C=O) groups excluding carboxylic acids is 3. The van der Waals surface area contributed by atoms with Gasteiger partial charge >= 0.3 is 5.97 Å². The van der Waals surface area contributed by atoms with Gasteiger partial charge in [-0.1, -0.05) is 36.4 Å². The van der Waals surface area contributed by atoms with Gasteiger partial charge in [0, 0.05) is 17.0 Å². The number of nitrogens with zero attached hydrogens (tertiary/aromatic N) is 2. The number of fused-ring (bicyclic) bond motifs is 2. The zero-order valence-corrected chi connectivity index (χ0v) is 22.4. The van der Waals surface area contributed by atoms with Crippen molar-refractivity contribution in [3.63, 3.8) is 0 Å². The van der Waals surface area contributed by atoms with E-state index < -0.39 is 33.4 Å². The van der Waals surface area contributed by atoms with Crippen molar-refractivity contribution in [3.8, 4) is 0 Å². The number of aliphatic hydroxyl groups excluding tert-OH is 1. The summed E-state index contributed by atoms with van der Waals surface area (Å²) in [5, 5.41) is 12.2. The van der Waals surface area contributed by atoms with Crippen LogP contribution in [0.5, 0.6) is 0 Å². The standard InChI is InChI=1S/C29H34N2O5S/c1-5-15-30(21-12-11-19-9-7-8-10-20(19)16-21)26(34)24-29-14-13-28(4,37-29)23(27(35)36-6-2)22(29)25(33)31(24)18(3)17-32/h5,7-12,16,18,22-24,32H,1,6,13-15,17H2,2-4H3/t18-,22+,23-,24?,28+,29?/m1/s1. The third-order valence-corrected chi connectivity index (χ3v) is 10.3. The number of esters is 1. The third-order valence-electron chi connectivity index (χ3n) is 8.35. The minimum atomic E-state index is -0.815. The number of rotatable bonds is 8. The van der Waals surface area contributed by atoms with Gasteiger partial charge in [0.25, 0.3) is 5.91 Å². The van der Waals surface area contributed by atoms with Crippen LogP contribution in [0.25, 0.3) is 10.8 Å². The number of amides is 2. The zero-order chi connectivity index (χ0) is 26.5. The minimum Gasteiger partial charge on any atom is -0.466 e. The van der Waals surface area contributed by atoms with Crippen molar-refractivity contribution in [2.45, 2.75) is 55.2 Å². The van der Waals surface area contributed by atoms with Crippen molar-refractivity contribution in [3.05, 3.63) is 55.1 Å². The Bertz CT molecular complexity index is 1270. The molecule has 1 spiro atoms. The topological polar surface area (TPSA) is 87.2 Å². The lowest BCUT2D eigenvalue weighted by molar-refractivity contribution is -0.155. The quantitative estimate of drug-likeness (QED) is 0.419. The summed E-state index contributed by atoms with van der Waals surface area (Å²) in [6.07, 6.45) is 3.04. The Hall–Kier alpha value is -2.84. The first-order valence-corrected chi connectivity index (χ1v) is 13.7. The van der Waals surface area contributed by atoms with Crippen LogP contribution in [0.2, 0.25) is 0 Å². The summed E-state index contributed by atoms with van der Waals surface area (Å²) in [6.45, 7) is 9.64. The van der Waals surface area contributed by atoms with E-state index in [9.17, 15) is 19.5 Å². The largest absolute Gasteiger partial charge is 0.466 e. The highest BCUT2D eigenvalue weighted by molar-refractivity contribution is 8.02. The number of likely N-dealkylation sites (tertiary alicyclic amines) is 1. The summed E-state index contributed by atoms with van der Waals surface area (Å²) >= 11 is 1.60. The second kappa shape index (κ2) is 9.48. The third kappa shape index (κ3) is 3.79. The fourth-order valence-electron chi connectivity index (χ4n) is 6.74. The Morgan fingerprint density at radius 2 is 2.00 bits per heavy atom. The average Bonchev–Trinajstić information content (AvgIpc) is 3.47. The molecule has 3 aliphatic heterocycles. The van der Waals surface area contributed by atoms with Crippen LogP contribution in [0.1, 0.15) is 33.6 Å². The molecule has 2 aromatic rings. The van der Waals surface area contributed by atoms with Crippen LogP contribution in [-0.4, -0.2) is 69.1 Å². The number of hydrogen-bond acceptors (Lipinski definition) is 6. The number of carbonyl (C=O) groups is 3. The van der Waals surface area contributed by atoms with Crippen molar-refractivity contribution < 1.29 is 24.2 Å². The second-order valence-corrected chi connectivity index (χ2v) is 12.4. The van der Waals surface area contributed by atoms with Crippen molar-refractivity contribution in [2.24, 2.45) is 11.8 Å². The molecule has 6 atom stereocenters. The van der Waals surface area contributed by atoms with Crippen LogP contribution in [0.4, 0.5) is 5.69 Å². The molecule has 37 heavy (non-hydrogen) atoms. The van der Waals surface area contributed by atoms with Gasteiger partial charge < -0.3 is 19.6 Å². The number of thioether (sulfide) groups is 1. The van der Waals surface area contributed by atoms with Crippen LogP contribution in [-0.2, 0) is 19.1 Å². The van der Waals surface area contributed by atoms with Gasteiger partial charge in [-0.05, 0) is 56.5 Å². The first kappa shape index (κ1) is 25.8. The monoisotopic (exact) mass is 522 g/mol. The average molecular weight is 523 g/mol. The van der Waals surface area contributed by atoms with E-state index in [2.05, 4.69) is 6.58 Å². The Labute approximate surface area is 221 Å². The number of benzene rings is 2. The molecule has 7 nitrogen and oxygen atoms in total. The normalized spacial score (nSPS) is 30.9. The van der Waals surface area contributed by atoms with Crippen LogP contribution < -0.4 is 4.90 Å². The molecule has 3 saturated heterocycles. The highest BCUT2D eigenvalue weighted by atomic mass is 32.2. The van der Waals surface area contributed by atoms with Crippen LogP contribution in [0, 0.1) is 11.8 Å². The van der Waals surface area contributed by atoms with E-state index in [-0.39, 0.29) is 37.5 Å². The molecule has 196 valence electrons. The van der Waals surface area contributed by atoms with E-state index in [4.69, 9.17) is 4.74 Å². The lowest BCUT2D eigenvalue weighted by Gasteiger charge is -2.38. The van der Waals surface area contributed by atoms with Crippen LogP contribution in [0.15, 0.2) is 55.1 Å². The molecule has 8 heteroatoms. The molecule has 3 heterocycles. The lowest BCUT2D eigenvalue weighted by Crippen LogP contribution is -2.57. The van der Waals surface area contributed by atoms with Gasteiger partial charge in [-0.2, -0.15) is 0 Å². The van der Waals surface area contributed by atoms with E-state index in [0.717, 1.165) is 16.5 Å². The Morgan fingerprint density at radius 1 is 1.27 bits per heavy atom. The molecule has 2 amide bonds. The molecule has 0 aromatic heterocycles. The molecular formula is C29H34N2O5S. The molecule has 1 N–H and O–H groups in total. The maximum atomic E-state index is 14.6. The van der Waals surface area contributed by atoms with Crippen molar-refractivity contribution in [1.82, 2.24) is 4.90 Å². The molecule has 2 bridgehead atoms. The number of ether oxygens (including phenoxy) is 1. The molecule has 5 rings (SSSR count). The molecule has 3 aliphatic rings. The fraction of sp³-hybridized carbons (Fsp3) is 0.483. The molecule has 2 aromatic carbocycles. The summed E-state index contributed by atoms with van der Waals surface area (Å²) in [5.74, 6) is -2.13. The predicted molar refractivity (Wildman–Crippen MR) is 145 cm³/mol. The summed E-state index contributed by atoms with van der Waals surface area (Å²) in [6, 6.07) is 12.4. The van der Waals surface area contributed by atoms with Gasteiger partial charge in [0.15, 0.2) is 0 Å². The van der Waals surface area contributed by atoms with Crippen LogP contribution >= 0.6 is 11.8 Å². The summed E-state index contributed by atoms with van der Waals surface area (Å²) in [4.78, 5) is 45.0. The second-order valence-electron chi connectivity index (χ2n) is 10.5. The first-order chi connectivity index (χ1) is 17.7. The Balaban J connectivity index is 1.61. The Kier molecular flexibility index (Phi) is 6.61. The molecule has 0 saturated carbocycles. The summed E-state index contributed by atoms with van der Waals surface area (Å²) < 4.78 is 4.19. The van der Waals surface area contributed by atoms with Crippen molar-refractivity contribution in [2.75, 3.05) is 24.7 Å². The van der Waals surface area contributed by atoms with Gasteiger partial charge in [-0.15, -0.1) is 18.3 Å². The van der Waals surface area contributed by atoms with E-state index in [1.807, 2.05) is 49.4 Å². The first-order valence-electron chi connectivity index (χ1n) is 12.9. The Morgan fingerprint density at radius 3 is 2.68 bits per heavy atom. The van der Waals surface area contributed by atoms with Gasteiger partial charge in [-0.25, -0.2) is 0 Å². The van der Waals surface area contributed by atoms with Crippen molar-refractivity contribution in [1.29, 1.82) is 0 Å². The number of anilines is 1. The molecule has 0 aliphatic carbocycles. The highest BCUT2D eigenvalue weighted by Crippen LogP contribution is 2.71. The lowest BCUT2D eigenvalue weighted by atomic mass is 9.66. The molecule has 0 radical (unpaired) electrons. The van der Waals surface area contributed by atoms with E-state index in [0.29, 0.717) is 12.8 Å². The van der Waals surface area contributed by atoms with Crippen molar-refractivity contribution >= 4 is 46.0 Å². The van der Waals surface area contributed by atoms with E-state index >= 15 is 0 Å². The minimum absolute atomic E-state index is 0.215. The maximum absolute atomic E-state index is 14.6. The van der Waals surface area contributed by atoms with Gasteiger partial charge in [0.2, 0.25) is 5.91 Å².